The summed E-state index contributed by atoms with van der Waals surface area (Å²) in [5.41, 5.74) is 2.62. The van der Waals surface area contributed by atoms with Crippen molar-refractivity contribution >= 4 is 5.96 Å². The van der Waals surface area contributed by atoms with Crippen LogP contribution in [0.1, 0.15) is 33.1 Å². The third-order valence-electron chi connectivity index (χ3n) is 2.73. The molecule has 0 aliphatic heterocycles. The van der Waals surface area contributed by atoms with E-state index >= 15 is 0 Å². The van der Waals surface area contributed by atoms with E-state index in [1.165, 1.54) is 19.3 Å². The first kappa shape index (κ1) is 13.3. The van der Waals surface area contributed by atoms with Crippen molar-refractivity contribution in [2.45, 2.75) is 39.2 Å². The summed E-state index contributed by atoms with van der Waals surface area (Å²) in [6, 6.07) is 0.590. The Bertz CT molecular complexity index is 212. The second kappa shape index (κ2) is 7.46. The summed E-state index contributed by atoms with van der Waals surface area (Å²) in [5, 5.41) is 3.26. The molecule has 0 aromatic heterocycles. The molecular formula is C11H25N5. The summed E-state index contributed by atoms with van der Waals surface area (Å²) in [7, 11) is 0. The average Bonchev–Trinajstić information content (AvgIpc) is 3.10. The molecule has 1 aliphatic carbocycles. The van der Waals surface area contributed by atoms with E-state index in [9.17, 15) is 0 Å². The molecule has 0 atom stereocenters. The van der Waals surface area contributed by atoms with Crippen LogP contribution in [0.25, 0.3) is 0 Å². The molecule has 1 saturated carbocycles. The van der Waals surface area contributed by atoms with Crippen LogP contribution in [0.2, 0.25) is 0 Å². The molecule has 0 aromatic carbocycles. The van der Waals surface area contributed by atoms with Crippen LogP contribution < -0.4 is 16.6 Å². The zero-order chi connectivity index (χ0) is 11.8. The molecule has 0 heterocycles. The van der Waals surface area contributed by atoms with Gasteiger partial charge in [-0.25, -0.2) is 5.84 Å². The number of rotatable bonds is 7. The Morgan fingerprint density at radius 2 is 2.12 bits per heavy atom. The molecule has 1 rings (SSSR count). The number of likely N-dealkylation sites (N-methyl/N-ethyl adjacent to an activating group) is 1. The van der Waals surface area contributed by atoms with Crippen LogP contribution in [0.3, 0.4) is 0 Å². The number of nitrogens with two attached hydrogens (primary N) is 1. The number of hydrogen-bond donors (Lipinski definition) is 3. The highest BCUT2D eigenvalue weighted by molar-refractivity contribution is 5.79. The second-order valence-electron chi connectivity index (χ2n) is 4.23. The largest absolute Gasteiger partial charge is 0.353 e. The van der Waals surface area contributed by atoms with Crippen molar-refractivity contribution in [1.82, 2.24) is 15.6 Å². The van der Waals surface area contributed by atoms with Crippen LogP contribution in [0.5, 0.6) is 0 Å². The van der Waals surface area contributed by atoms with Gasteiger partial charge in [0.25, 0.3) is 0 Å². The number of hydrogen-bond acceptors (Lipinski definition) is 3. The molecule has 94 valence electrons. The van der Waals surface area contributed by atoms with Crippen LogP contribution in [0.4, 0.5) is 0 Å². The lowest BCUT2D eigenvalue weighted by Crippen LogP contribution is -2.43. The average molecular weight is 227 g/mol. The highest BCUT2D eigenvalue weighted by Gasteiger charge is 2.21. The lowest BCUT2D eigenvalue weighted by atomic mass is 10.4. The van der Waals surface area contributed by atoms with Gasteiger partial charge in [0, 0.05) is 12.6 Å². The number of hydrazine groups is 1. The predicted molar refractivity (Wildman–Crippen MR) is 68.2 cm³/mol. The summed E-state index contributed by atoms with van der Waals surface area (Å²) >= 11 is 0. The van der Waals surface area contributed by atoms with Crippen molar-refractivity contribution in [1.29, 1.82) is 0 Å². The van der Waals surface area contributed by atoms with Gasteiger partial charge in [0.15, 0.2) is 0 Å². The fourth-order valence-electron chi connectivity index (χ4n) is 1.60. The molecule has 5 heteroatoms. The fourth-order valence-corrected chi connectivity index (χ4v) is 1.60. The minimum atomic E-state index is 0.590. The molecule has 0 radical (unpaired) electrons. The normalized spacial score (nSPS) is 16.6. The van der Waals surface area contributed by atoms with Gasteiger partial charge in [-0.2, -0.15) is 0 Å². The maximum Gasteiger partial charge on any atom is 0.205 e. The van der Waals surface area contributed by atoms with Crippen molar-refractivity contribution in [3.63, 3.8) is 0 Å². The molecule has 16 heavy (non-hydrogen) atoms. The van der Waals surface area contributed by atoms with Crippen molar-refractivity contribution in [3.05, 3.63) is 0 Å². The maximum absolute atomic E-state index is 5.40. The summed E-state index contributed by atoms with van der Waals surface area (Å²) in [5.74, 6) is 6.13. The van der Waals surface area contributed by atoms with E-state index in [0.717, 1.165) is 32.1 Å². The van der Waals surface area contributed by atoms with Gasteiger partial charge in [-0.05, 0) is 32.4 Å². The fraction of sp³-hybridized carbons (Fsp3) is 0.909. The molecule has 0 spiro atoms. The third-order valence-corrected chi connectivity index (χ3v) is 2.73. The van der Waals surface area contributed by atoms with E-state index in [4.69, 9.17) is 5.84 Å². The predicted octanol–water partition coefficient (Wildman–Crippen LogP) is 0.290. The third kappa shape index (κ3) is 5.32. The molecule has 5 nitrogen and oxygen atoms in total. The van der Waals surface area contributed by atoms with Crippen molar-refractivity contribution in [2.75, 3.05) is 26.2 Å². The molecule has 0 bridgehead atoms. The van der Waals surface area contributed by atoms with Crippen LogP contribution in [0, 0.1) is 0 Å². The standard InChI is InChI=1S/C11H25N5/c1-3-8-16(4-2)9-7-13-11(15-12)14-10-5-6-10/h10H,3-9,12H2,1-2H3,(H2,13,14,15). The van der Waals surface area contributed by atoms with E-state index in [1.54, 1.807) is 0 Å². The van der Waals surface area contributed by atoms with Gasteiger partial charge in [0.1, 0.15) is 0 Å². The summed E-state index contributed by atoms with van der Waals surface area (Å²) in [6.07, 6.45) is 3.66. The van der Waals surface area contributed by atoms with E-state index < -0.39 is 0 Å². The Morgan fingerprint density at radius 1 is 1.38 bits per heavy atom. The molecule has 0 aromatic rings. The van der Waals surface area contributed by atoms with Crippen LogP contribution in [-0.2, 0) is 0 Å². The monoisotopic (exact) mass is 227 g/mol. The first-order valence-corrected chi connectivity index (χ1v) is 6.30. The topological polar surface area (TPSA) is 65.7 Å². The van der Waals surface area contributed by atoms with Gasteiger partial charge in [-0.1, -0.05) is 13.8 Å². The number of guanidine groups is 1. The zero-order valence-electron chi connectivity index (χ0n) is 10.5. The first-order valence-electron chi connectivity index (χ1n) is 6.30. The lowest BCUT2D eigenvalue weighted by molar-refractivity contribution is 0.297. The number of nitrogens with one attached hydrogen (secondary N) is 2. The van der Waals surface area contributed by atoms with Crippen molar-refractivity contribution in [3.8, 4) is 0 Å². The van der Waals surface area contributed by atoms with Crippen molar-refractivity contribution < 1.29 is 0 Å². The van der Waals surface area contributed by atoms with Gasteiger partial charge >= 0.3 is 0 Å². The minimum absolute atomic E-state index is 0.590. The van der Waals surface area contributed by atoms with Gasteiger partial charge < -0.3 is 10.2 Å². The van der Waals surface area contributed by atoms with E-state index in [0.29, 0.717) is 6.04 Å². The molecule has 4 N–H and O–H groups in total. The quantitative estimate of drug-likeness (QED) is 0.253. The van der Waals surface area contributed by atoms with Gasteiger partial charge in [0.2, 0.25) is 5.96 Å². The summed E-state index contributed by atoms with van der Waals surface area (Å²) < 4.78 is 0. The summed E-state index contributed by atoms with van der Waals surface area (Å²) in [4.78, 5) is 6.82. The maximum atomic E-state index is 5.40. The Hall–Kier alpha value is -0.810. The molecule has 0 saturated heterocycles. The zero-order valence-corrected chi connectivity index (χ0v) is 10.5. The Morgan fingerprint density at radius 3 is 2.62 bits per heavy atom. The highest BCUT2D eigenvalue weighted by Crippen LogP contribution is 2.18. The first-order chi connectivity index (χ1) is 7.80. The van der Waals surface area contributed by atoms with Gasteiger partial charge in [-0.15, -0.1) is 0 Å². The van der Waals surface area contributed by atoms with Crippen LogP contribution >= 0.6 is 0 Å². The SMILES string of the molecule is CCCN(CC)CCN=C(NN)NC1CC1. The van der Waals surface area contributed by atoms with E-state index in [-0.39, 0.29) is 0 Å². The molecular weight excluding hydrogens is 202 g/mol. The molecule has 0 amide bonds. The van der Waals surface area contributed by atoms with E-state index in [2.05, 4.69) is 34.5 Å². The van der Waals surface area contributed by atoms with Crippen molar-refractivity contribution in [2.24, 2.45) is 10.8 Å². The number of aliphatic imine (C=N–C) groups is 1. The smallest absolute Gasteiger partial charge is 0.205 e. The lowest BCUT2D eigenvalue weighted by Gasteiger charge is -2.18. The molecule has 1 aliphatic rings. The Kier molecular flexibility index (Phi) is 6.18. The van der Waals surface area contributed by atoms with Crippen LogP contribution in [0.15, 0.2) is 4.99 Å². The van der Waals surface area contributed by atoms with Gasteiger partial charge in [0.05, 0.1) is 6.54 Å². The van der Waals surface area contributed by atoms with Gasteiger partial charge in [-0.3, -0.25) is 10.4 Å². The Balaban J connectivity index is 2.20. The molecule has 0 unspecified atom stereocenters. The Labute approximate surface area is 98.4 Å². The second-order valence-corrected chi connectivity index (χ2v) is 4.23. The molecule has 1 fully saturated rings. The number of nitrogens with zero attached hydrogens (tertiary/aromatic N) is 2. The highest BCUT2D eigenvalue weighted by atomic mass is 15.3. The minimum Gasteiger partial charge on any atom is -0.353 e. The summed E-state index contributed by atoms with van der Waals surface area (Å²) in [6.45, 7) is 8.42. The van der Waals surface area contributed by atoms with E-state index in [1.807, 2.05) is 0 Å². The van der Waals surface area contributed by atoms with Crippen LogP contribution in [-0.4, -0.2) is 43.1 Å².